The second-order valence-corrected chi connectivity index (χ2v) is 4.62. The largest absolute Gasteiger partial charge is 0.481 e. The van der Waals surface area contributed by atoms with Gasteiger partial charge in [0.1, 0.15) is 5.01 Å². The Bertz CT molecular complexity index is 570. The first kappa shape index (κ1) is 16.2. The number of alkyl halides is 3. The summed E-state index contributed by atoms with van der Waals surface area (Å²) in [7, 11) is 0. The van der Waals surface area contributed by atoms with E-state index in [1.807, 2.05) is 0 Å². The van der Waals surface area contributed by atoms with Gasteiger partial charge in [-0.1, -0.05) is 18.7 Å². The van der Waals surface area contributed by atoms with Crippen LogP contribution in [0.25, 0.3) is 5.57 Å². The molecule has 0 saturated carbocycles. The summed E-state index contributed by atoms with van der Waals surface area (Å²) in [4.78, 5) is 14.6. The number of carbonyl (C=O) groups is 1. The lowest BCUT2D eigenvalue weighted by atomic mass is 10.1. The number of aliphatic carboxylic acids is 1. The number of hydrogen-bond donors (Lipinski definition) is 1. The molecular weight excluding hydrogens is 291 g/mol. The number of carboxylic acids is 1. The van der Waals surface area contributed by atoms with Crippen LogP contribution in [0.5, 0.6) is 0 Å². The first-order valence-electron chi connectivity index (χ1n) is 5.52. The first-order valence-corrected chi connectivity index (χ1v) is 6.40. The fourth-order valence-electron chi connectivity index (χ4n) is 1.37. The number of aromatic nitrogens is 1. The predicted molar refractivity (Wildman–Crippen MR) is 71.4 cm³/mol. The van der Waals surface area contributed by atoms with Crippen LogP contribution in [-0.2, 0) is 11.2 Å². The third kappa shape index (κ3) is 4.34. The Morgan fingerprint density at radius 1 is 1.55 bits per heavy atom. The molecule has 0 unspecified atom stereocenters. The summed E-state index contributed by atoms with van der Waals surface area (Å²) in [5, 5.41) is 10.5. The van der Waals surface area contributed by atoms with Crippen molar-refractivity contribution >= 4 is 22.9 Å². The third-order valence-corrected chi connectivity index (χ3v) is 3.24. The second-order valence-electron chi connectivity index (χ2n) is 3.76. The van der Waals surface area contributed by atoms with Crippen LogP contribution < -0.4 is 0 Å². The summed E-state index contributed by atoms with van der Waals surface area (Å²) >= 11 is 1.10. The van der Waals surface area contributed by atoms with Crippen molar-refractivity contribution < 1.29 is 23.1 Å². The van der Waals surface area contributed by atoms with Crippen molar-refractivity contribution in [1.82, 2.24) is 4.98 Å². The molecule has 0 aliphatic heterocycles. The lowest BCUT2D eigenvalue weighted by Gasteiger charge is -2.07. The molecule has 0 fully saturated rings. The highest BCUT2D eigenvalue weighted by Gasteiger charge is 2.31. The molecule has 7 heteroatoms. The smallest absolute Gasteiger partial charge is 0.416 e. The predicted octanol–water partition coefficient (Wildman–Crippen LogP) is 3.85. The fourth-order valence-corrected chi connectivity index (χ4v) is 2.23. The maximum absolute atomic E-state index is 12.6. The van der Waals surface area contributed by atoms with Gasteiger partial charge in [0.05, 0.1) is 17.7 Å². The summed E-state index contributed by atoms with van der Waals surface area (Å²) in [5.74, 6) is -1.04. The monoisotopic (exact) mass is 303 g/mol. The summed E-state index contributed by atoms with van der Waals surface area (Å²) in [6.45, 7) is 4.73. The van der Waals surface area contributed by atoms with Gasteiger partial charge in [-0.2, -0.15) is 13.2 Å². The van der Waals surface area contributed by atoms with Crippen LogP contribution in [-0.4, -0.2) is 22.2 Å². The van der Waals surface area contributed by atoms with E-state index in [4.69, 9.17) is 5.11 Å². The van der Waals surface area contributed by atoms with E-state index in [1.54, 1.807) is 6.92 Å². The Labute approximate surface area is 117 Å². The molecule has 1 rings (SSSR count). The molecule has 0 spiro atoms. The van der Waals surface area contributed by atoms with Crippen LogP contribution in [0.4, 0.5) is 13.2 Å². The van der Waals surface area contributed by atoms with Gasteiger partial charge >= 0.3 is 12.1 Å². The molecule has 1 N–H and O–H groups in total. The number of halogens is 3. The van der Waals surface area contributed by atoms with Gasteiger partial charge in [0.15, 0.2) is 0 Å². The highest BCUT2D eigenvalue weighted by molar-refractivity contribution is 7.10. The highest BCUT2D eigenvalue weighted by Crippen LogP contribution is 2.30. The van der Waals surface area contributed by atoms with Crippen molar-refractivity contribution in [3.63, 3.8) is 0 Å². The molecule has 1 aromatic heterocycles. The maximum atomic E-state index is 12.6. The van der Waals surface area contributed by atoms with Crippen molar-refractivity contribution in [2.45, 2.75) is 19.5 Å². The summed E-state index contributed by atoms with van der Waals surface area (Å²) < 4.78 is 37.9. The zero-order valence-corrected chi connectivity index (χ0v) is 11.4. The fraction of sp³-hybridized carbons (Fsp3) is 0.231. The van der Waals surface area contributed by atoms with Crippen LogP contribution in [0.3, 0.4) is 0 Å². The molecule has 0 radical (unpaired) electrons. The van der Waals surface area contributed by atoms with E-state index < -0.39 is 17.7 Å². The van der Waals surface area contributed by atoms with E-state index in [0.29, 0.717) is 10.7 Å². The van der Waals surface area contributed by atoms with Crippen molar-refractivity contribution in [2.24, 2.45) is 0 Å². The van der Waals surface area contributed by atoms with Crippen LogP contribution in [0, 0.1) is 0 Å². The molecule has 0 aliphatic rings. The number of carboxylic acid groups (broad SMARTS) is 1. The first-order chi connectivity index (χ1) is 9.27. The Balaban J connectivity index is 3.09. The topological polar surface area (TPSA) is 50.2 Å². The normalized spacial score (nSPS) is 13.4. The molecule has 3 nitrogen and oxygen atoms in total. The summed E-state index contributed by atoms with van der Waals surface area (Å²) in [6, 6.07) is 0. The van der Waals surface area contributed by atoms with Gasteiger partial charge in [0.2, 0.25) is 0 Å². The standard InChI is InChI=1S/C13H12F3NO2S/c1-3-8(5-9(4-2)13(14,15)16)12-17-10(7-20-12)6-11(18)19/h3-5,7H,2,6H2,1H3,(H,18,19)/b8-3+,9-5+. The molecule has 20 heavy (non-hydrogen) atoms. The molecule has 1 heterocycles. The molecule has 0 aliphatic carbocycles. The van der Waals surface area contributed by atoms with Crippen molar-refractivity contribution in [1.29, 1.82) is 0 Å². The number of thiazole rings is 1. The van der Waals surface area contributed by atoms with E-state index in [2.05, 4.69) is 11.6 Å². The summed E-state index contributed by atoms with van der Waals surface area (Å²) in [6.07, 6.45) is -1.59. The van der Waals surface area contributed by atoms with Gasteiger partial charge in [-0.3, -0.25) is 4.79 Å². The second kappa shape index (κ2) is 6.51. The van der Waals surface area contributed by atoms with E-state index in [-0.39, 0.29) is 12.0 Å². The zero-order chi connectivity index (χ0) is 15.3. The zero-order valence-electron chi connectivity index (χ0n) is 10.6. The van der Waals surface area contributed by atoms with Gasteiger partial charge in [-0.05, 0) is 13.0 Å². The van der Waals surface area contributed by atoms with Gasteiger partial charge in [0.25, 0.3) is 0 Å². The third-order valence-electron chi connectivity index (χ3n) is 2.30. The molecule has 0 amide bonds. The highest BCUT2D eigenvalue weighted by atomic mass is 32.1. The van der Waals surface area contributed by atoms with E-state index in [0.717, 1.165) is 23.5 Å². The van der Waals surface area contributed by atoms with Crippen molar-refractivity contribution in [2.75, 3.05) is 0 Å². The quantitative estimate of drug-likeness (QED) is 0.841. The molecule has 0 saturated heterocycles. The minimum atomic E-state index is -4.49. The van der Waals surface area contributed by atoms with Crippen LogP contribution in [0.2, 0.25) is 0 Å². The lowest BCUT2D eigenvalue weighted by Crippen LogP contribution is -2.09. The number of rotatable bonds is 5. The maximum Gasteiger partial charge on any atom is 0.416 e. The average molecular weight is 303 g/mol. The molecular formula is C13H12F3NO2S. The Morgan fingerprint density at radius 2 is 2.20 bits per heavy atom. The molecule has 108 valence electrons. The number of allylic oxidation sites excluding steroid dienone is 5. The van der Waals surface area contributed by atoms with Crippen LogP contribution >= 0.6 is 11.3 Å². The van der Waals surface area contributed by atoms with E-state index in [9.17, 15) is 18.0 Å². The summed E-state index contributed by atoms with van der Waals surface area (Å²) in [5.41, 5.74) is -0.281. The Hall–Kier alpha value is -1.89. The van der Waals surface area contributed by atoms with Crippen molar-refractivity contribution in [3.8, 4) is 0 Å². The van der Waals surface area contributed by atoms with E-state index >= 15 is 0 Å². The van der Waals surface area contributed by atoms with Gasteiger partial charge in [0, 0.05) is 11.0 Å². The van der Waals surface area contributed by atoms with Crippen LogP contribution in [0.15, 0.2) is 35.8 Å². The average Bonchev–Trinajstić information content (AvgIpc) is 2.76. The van der Waals surface area contributed by atoms with Crippen molar-refractivity contribution in [3.05, 3.63) is 46.5 Å². The molecule has 0 atom stereocenters. The van der Waals surface area contributed by atoms with E-state index in [1.165, 1.54) is 11.5 Å². The number of nitrogens with zero attached hydrogens (tertiary/aromatic N) is 1. The SMILES string of the molecule is C=C/C(=C\C(=C/C)c1nc(CC(=O)O)cs1)C(F)(F)F. The minimum Gasteiger partial charge on any atom is -0.481 e. The van der Waals surface area contributed by atoms with Gasteiger partial charge in [-0.15, -0.1) is 11.3 Å². The Kier molecular flexibility index (Phi) is 5.26. The number of hydrogen-bond acceptors (Lipinski definition) is 3. The minimum absolute atomic E-state index is 0.259. The lowest BCUT2D eigenvalue weighted by molar-refractivity contribution is -0.136. The Morgan fingerprint density at radius 3 is 2.65 bits per heavy atom. The molecule has 0 aromatic carbocycles. The van der Waals surface area contributed by atoms with Gasteiger partial charge in [-0.25, -0.2) is 4.98 Å². The van der Waals surface area contributed by atoms with Crippen LogP contribution in [0.1, 0.15) is 17.6 Å². The van der Waals surface area contributed by atoms with Gasteiger partial charge < -0.3 is 5.11 Å². The molecule has 0 bridgehead atoms. The molecule has 1 aromatic rings.